The molecule has 6 nitrogen and oxygen atoms in total. The summed E-state index contributed by atoms with van der Waals surface area (Å²) in [6, 6.07) is 0. The van der Waals surface area contributed by atoms with E-state index in [1.807, 2.05) is 0 Å². The highest BCUT2D eigenvalue weighted by atomic mass is 79.9. The molecule has 220 valence electrons. The molecule has 4 unspecified atom stereocenters. The molecule has 0 aliphatic rings. The van der Waals surface area contributed by atoms with Crippen molar-refractivity contribution in [2.24, 2.45) is 17.3 Å². The van der Waals surface area contributed by atoms with Gasteiger partial charge in [-0.25, -0.2) is 0 Å². The first-order valence-electron chi connectivity index (χ1n) is 12.0. The first-order valence-corrected chi connectivity index (χ1v) is 12.9. The average Bonchev–Trinajstić information content (AvgIpc) is 2.71. The van der Waals surface area contributed by atoms with Gasteiger partial charge in [0.2, 0.25) is 0 Å². The number of alkyl halides is 7. The van der Waals surface area contributed by atoms with Crippen molar-refractivity contribution in [3.8, 4) is 0 Å². The van der Waals surface area contributed by atoms with Crippen molar-refractivity contribution in [1.29, 1.82) is 0 Å². The first kappa shape index (κ1) is 35.9. The quantitative estimate of drug-likeness (QED) is 0.143. The van der Waals surface area contributed by atoms with E-state index in [-0.39, 0.29) is 31.8 Å². The van der Waals surface area contributed by atoms with Gasteiger partial charge in [-0.15, -0.1) is 0 Å². The van der Waals surface area contributed by atoms with Crippen LogP contribution in [-0.4, -0.2) is 64.6 Å². The average molecular weight is 616 g/mol. The Hall–Kier alpha value is -1.08. The maximum absolute atomic E-state index is 13.4. The predicted molar refractivity (Wildman–Crippen MR) is 130 cm³/mol. The second-order valence-corrected chi connectivity index (χ2v) is 12.3. The first-order chi connectivity index (χ1) is 16.4. The van der Waals surface area contributed by atoms with Crippen molar-refractivity contribution in [2.45, 2.75) is 109 Å². The van der Waals surface area contributed by atoms with Crippen molar-refractivity contribution in [3.05, 3.63) is 0 Å². The molecule has 2 N–H and O–H groups in total. The van der Waals surface area contributed by atoms with Gasteiger partial charge in [0.1, 0.15) is 12.7 Å². The van der Waals surface area contributed by atoms with Gasteiger partial charge in [-0.2, -0.15) is 26.3 Å². The molecule has 0 aromatic carbocycles. The lowest BCUT2D eigenvalue weighted by Gasteiger charge is -2.37. The number of rotatable bonds is 14. The molecular weight excluding hydrogens is 576 g/mol. The maximum Gasteiger partial charge on any atom is 0.418 e. The molecule has 0 saturated carbocycles. The summed E-state index contributed by atoms with van der Waals surface area (Å²) in [5.74, 6) is -2.63. The summed E-state index contributed by atoms with van der Waals surface area (Å²) in [5.41, 5.74) is -5.60. The molecule has 4 atom stereocenters. The molecule has 0 bridgehead atoms. The molecule has 0 aliphatic carbocycles. The van der Waals surface area contributed by atoms with Gasteiger partial charge in [0.25, 0.3) is 0 Å². The Balaban J connectivity index is 5.44. The Bertz CT molecular complexity index is 753. The Morgan fingerprint density at radius 2 is 1.51 bits per heavy atom. The summed E-state index contributed by atoms with van der Waals surface area (Å²) in [7, 11) is 0. The van der Waals surface area contributed by atoms with E-state index in [4.69, 9.17) is 9.47 Å². The Labute approximate surface area is 223 Å². The zero-order chi connectivity index (χ0) is 29.6. The molecule has 0 aliphatic heterocycles. The van der Waals surface area contributed by atoms with Crippen molar-refractivity contribution >= 4 is 27.9 Å². The summed E-state index contributed by atoms with van der Waals surface area (Å²) in [6.45, 7) is 9.93. The fourth-order valence-corrected chi connectivity index (χ4v) is 3.96. The van der Waals surface area contributed by atoms with Crippen LogP contribution >= 0.6 is 15.9 Å². The normalized spacial score (nSPS) is 17.6. The van der Waals surface area contributed by atoms with E-state index >= 15 is 0 Å². The lowest BCUT2D eigenvalue weighted by Crippen LogP contribution is -2.55. The lowest BCUT2D eigenvalue weighted by molar-refractivity contribution is -0.258. The van der Waals surface area contributed by atoms with Crippen LogP contribution in [0, 0.1) is 17.3 Å². The SMILES string of the molecule is CCC(CC(C)(C)C(=O)OCC(C)(C)NCC(F)(F)F)C(=O)OC(CC(C)C)C(Br)C(C)(O)C(F)(F)F. The van der Waals surface area contributed by atoms with Crippen LogP contribution in [0.25, 0.3) is 0 Å². The topological polar surface area (TPSA) is 84.9 Å². The lowest BCUT2D eigenvalue weighted by atomic mass is 9.81. The third-order valence-corrected chi connectivity index (χ3v) is 7.36. The third kappa shape index (κ3) is 12.1. The van der Waals surface area contributed by atoms with Crippen molar-refractivity contribution < 1.29 is 50.5 Å². The largest absolute Gasteiger partial charge is 0.463 e. The summed E-state index contributed by atoms with van der Waals surface area (Å²) in [4.78, 5) is 24.0. The Morgan fingerprint density at radius 1 is 1.00 bits per heavy atom. The minimum absolute atomic E-state index is 0.0375. The smallest absolute Gasteiger partial charge is 0.418 e. The summed E-state index contributed by atoms with van der Waals surface area (Å²) in [5, 5.41) is 12.4. The van der Waals surface area contributed by atoms with E-state index in [1.165, 1.54) is 27.7 Å². The van der Waals surface area contributed by atoms with Crippen molar-refractivity contribution in [3.63, 3.8) is 0 Å². The number of nitrogens with one attached hydrogen (secondary N) is 1. The fourth-order valence-electron chi connectivity index (χ4n) is 3.38. The molecule has 13 heteroatoms. The molecular formula is C24H40BrF6NO5. The van der Waals surface area contributed by atoms with Gasteiger partial charge in [-0.1, -0.05) is 36.7 Å². The van der Waals surface area contributed by atoms with Crippen LogP contribution < -0.4 is 5.32 Å². The minimum Gasteiger partial charge on any atom is -0.463 e. The van der Waals surface area contributed by atoms with Gasteiger partial charge >= 0.3 is 24.3 Å². The molecule has 0 heterocycles. The monoisotopic (exact) mass is 615 g/mol. The number of carbonyl (C=O) groups is 2. The van der Waals surface area contributed by atoms with Crippen molar-refractivity contribution in [2.75, 3.05) is 13.2 Å². The second kappa shape index (κ2) is 13.3. The zero-order valence-electron chi connectivity index (χ0n) is 22.6. The molecule has 37 heavy (non-hydrogen) atoms. The van der Waals surface area contributed by atoms with Crippen LogP contribution in [0.15, 0.2) is 0 Å². The highest BCUT2D eigenvalue weighted by Gasteiger charge is 2.57. The maximum atomic E-state index is 13.4. The van der Waals surface area contributed by atoms with Gasteiger partial charge in [0, 0.05) is 5.54 Å². The minimum atomic E-state index is -4.98. The van der Waals surface area contributed by atoms with Crippen LogP contribution in [0.3, 0.4) is 0 Å². The van der Waals surface area contributed by atoms with E-state index in [0.717, 1.165) is 0 Å². The van der Waals surface area contributed by atoms with Gasteiger partial charge in [0.15, 0.2) is 5.60 Å². The number of halogens is 7. The van der Waals surface area contributed by atoms with E-state index in [1.54, 1.807) is 20.8 Å². The number of hydrogen-bond acceptors (Lipinski definition) is 6. The Morgan fingerprint density at radius 3 is 1.92 bits per heavy atom. The predicted octanol–water partition coefficient (Wildman–Crippen LogP) is 5.94. The Kier molecular flexibility index (Phi) is 12.9. The fraction of sp³-hybridized carbons (Fsp3) is 0.917. The van der Waals surface area contributed by atoms with E-state index in [0.29, 0.717) is 6.92 Å². The zero-order valence-corrected chi connectivity index (χ0v) is 24.2. The van der Waals surface area contributed by atoms with Gasteiger partial charge < -0.3 is 19.9 Å². The summed E-state index contributed by atoms with van der Waals surface area (Å²) in [6.07, 6.45) is -10.6. The molecule has 0 spiro atoms. The number of carbonyl (C=O) groups excluding carboxylic acids is 2. The standard InChI is InChI=1S/C24H40BrF6NO5/c1-9-15(11-20(4,5)19(34)36-13-21(6,7)32-12-23(26,27)28)18(33)37-16(10-14(2)3)17(25)22(8,35)24(29,30)31/h14-17,32,35H,9-13H2,1-8H3. The molecule has 0 rings (SSSR count). The van der Waals surface area contributed by atoms with Crippen LogP contribution in [0.5, 0.6) is 0 Å². The molecule has 0 aromatic heterocycles. The molecule has 0 radical (unpaired) electrons. The number of hydrogen-bond donors (Lipinski definition) is 2. The highest BCUT2D eigenvalue weighted by molar-refractivity contribution is 9.09. The van der Waals surface area contributed by atoms with Gasteiger partial charge in [-0.05, 0) is 59.8 Å². The van der Waals surface area contributed by atoms with Crippen molar-refractivity contribution in [1.82, 2.24) is 5.32 Å². The van der Waals surface area contributed by atoms with Crippen LogP contribution in [0.4, 0.5) is 26.3 Å². The summed E-state index contributed by atoms with van der Waals surface area (Å²) < 4.78 is 88.3. The number of aliphatic hydroxyl groups is 1. The second-order valence-electron chi connectivity index (χ2n) is 11.3. The van der Waals surface area contributed by atoms with Crippen LogP contribution in [-0.2, 0) is 19.1 Å². The molecule has 0 amide bonds. The number of ether oxygens (including phenoxy) is 2. The molecule has 0 aromatic rings. The molecule has 0 fully saturated rings. The van der Waals surface area contributed by atoms with E-state index in [9.17, 15) is 41.0 Å². The van der Waals surface area contributed by atoms with Gasteiger partial charge in [-0.3, -0.25) is 9.59 Å². The molecule has 0 saturated heterocycles. The summed E-state index contributed by atoms with van der Waals surface area (Å²) >= 11 is 2.88. The van der Waals surface area contributed by atoms with Crippen LogP contribution in [0.2, 0.25) is 0 Å². The third-order valence-electron chi connectivity index (χ3n) is 5.88. The highest BCUT2D eigenvalue weighted by Crippen LogP contribution is 2.40. The van der Waals surface area contributed by atoms with Gasteiger partial charge in [0.05, 0.1) is 22.7 Å². The number of esters is 2. The van der Waals surface area contributed by atoms with Crippen LogP contribution in [0.1, 0.15) is 74.7 Å². The van der Waals surface area contributed by atoms with E-state index < -0.39 is 64.2 Å². The van der Waals surface area contributed by atoms with E-state index in [2.05, 4.69) is 21.2 Å².